The Morgan fingerprint density at radius 2 is 1.68 bits per heavy atom. The van der Waals surface area contributed by atoms with Crippen LogP contribution >= 0.6 is 23.2 Å². The van der Waals surface area contributed by atoms with Gasteiger partial charge in [-0.15, -0.1) is 0 Å². The van der Waals surface area contributed by atoms with Crippen molar-refractivity contribution >= 4 is 52.8 Å². The van der Waals surface area contributed by atoms with Crippen molar-refractivity contribution in [1.82, 2.24) is 4.90 Å². The standard InChI is InChI=1S/C26H32Cl2F3N3O4/c1-25(2,3)14-34(13-20(35)22-18(27)5-4-6-19(22)28)24(38)17(12-32)23(26(29,30)31)33-16-9-7-15(8-10-16)11-21(36)37/h4-6,12,15-17,32H,7-11,13-14H2,1-3H3,(H,36,37). The van der Waals surface area contributed by atoms with E-state index in [9.17, 15) is 27.6 Å². The Labute approximate surface area is 229 Å². The van der Waals surface area contributed by atoms with Gasteiger partial charge in [-0.05, 0) is 49.1 Å². The van der Waals surface area contributed by atoms with Gasteiger partial charge in [-0.2, -0.15) is 13.2 Å². The quantitative estimate of drug-likeness (QED) is 0.249. The van der Waals surface area contributed by atoms with Crippen LogP contribution in [0.1, 0.15) is 63.2 Å². The molecule has 1 aliphatic carbocycles. The highest BCUT2D eigenvalue weighted by Crippen LogP contribution is 2.32. The van der Waals surface area contributed by atoms with Gasteiger partial charge in [0.05, 0.1) is 28.2 Å². The number of benzene rings is 1. The minimum Gasteiger partial charge on any atom is -0.481 e. The highest BCUT2D eigenvalue weighted by atomic mass is 35.5. The molecule has 2 rings (SSSR count). The number of halogens is 5. The Hall–Kier alpha value is -2.46. The number of carbonyl (C=O) groups excluding carboxylic acids is 2. The molecule has 1 saturated carbocycles. The third-order valence-corrected chi connectivity index (χ3v) is 6.80. The molecule has 0 bridgehead atoms. The van der Waals surface area contributed by atoms with Gasteiger partial charge >= 0.3 is 12.1 Å². The Morgan fingerprint density at radius 1 is 1.13 bits per heavy atom. The summed E-state index contributed by atoms with van der Waals surface area (Å²) in [4.78, 5) is 42.4. The van der Waals surface area contributed by atoms with Crippen LogP contribution in [-0.4, -0.2) is 64.9 Å². The smallest absolute Gasteiger partial charge is 0.430 e. The zero-order chi connectivity index (χ0) is 28.8. The Kier molecular flexibility index (Phi) is 10.9. The molecule has 1 unspecified atom stereocenters. The minimum absolute atomic E-state index is 0.0446. The van der Waals surface area contributed by atoms with Crippen LogP contribution in [0.2, 0.25) is 10.0 Å². The molecule has 0 radical (unpaired) electrons. The van der Waals surface area contributed by atoms with Crippen molar-refractivity contribution in [3.8, 4) is 0 Å². The van der Waals surface area contributed by atoms with Crippen molar-refractivity contribution in [2.75, 3.05) is 13.1 Å². The van der Waals surface area contributed by atoms with Gasteiger partial charge in [0.25, 0.3) is 0 Å². The molecule has 1 atom stereocenters. The molecule has 12 heteroatoms. The predicted octanol–water partition coefficient (Wildman–Crippen LogP) is 6.35. The van der Waals surface area contributed by atoms with Crippen LogP contribution in [0, 0.1) is 22.7 Å². The Bertz CT molecular complexity index is 1060. The predicted molar refractivity (Wildman–Crippen MR) is 141 cm³/mol. The largest absolute Gasteiger partial charge is 0.481 e. The first kappa shape index (κ1) is 31.8. The van der Waals surface area contributed by atoms with Gasteiger partial charge in [0.15, 0.2) is 5.78 Å². The summed E-state index contributed by atoms with van der Waals surface area (Å²) in [6.07, 6.45) is -3.38. The van der Waals surface area contributed by atoms with Crippen molar-refractivity contribution in [2.45, 2.75) is 65.1 Å². The van der Waals surface area contributed by atoms with Gasteiger partial charge in [-0.3, -0.25) is 19.4 Å². The Balaban J connectivity index is 2.38. The van der Waals surface area contributed by atoms with E-state index in [2.05, 4.69) is 4.99 Å². The summed E-state index contributed by atoms with van der Waals surface area (Å²) in [5.74, 6) is -4.89. The van der Waals surface area contributed by atoms with E-state index in [-0.39, 0.29) is 47.3 Å². The van der Waals surface area contributed by atoms with Crippen LogP contribution in [-0.2, 0) is 9.59 Å². The van der Waals surface area contributed by atoms with Crippen molar-refractivity contribution in [3.63, 3.8) is 0 Å². The number of carboxylic acids is 1. The van der Waals surface area contributed by atoms with E-state index in [1.54, 1.807) is 20.8 Å². The van der Waals surface area contributed by atoms with E-state index < -0.39 is 53.5 Å². The van der Waals surface area contributed by atoms with Gasteiger partial charge in [0.1, 0.15) is 11.6 Å². The third kappa shape index (κ3) is 9.08. The molecular formula is C26H32Cl2F3N3O4. The molecule has 1 aliphatic rings. The molecule has 0 saturated heterocycles. The average molecular weight is 578 g/mol. The molecule has 0 spiro atoms. The number of nitrogens with one attached hydrogen (secondary N) is 1. The number of Topliss-reactive ketones (excluding diaryl/α,β-unsaturated/α-hetero) is 1. The second kappa shape index (κ2) is 13.1. The van der Waals surface area contributed by atoms with Crippen molar-refractivity contribution in [3.05, 3.63) is 33.8 Å². The highest BCUT2D eigenvalue weighted by molar-refractivity contribution is 6.40. The maximum absolute atomic E-state index is 14.2. The molecule has 7 nitrogen and oxygen atoms in total. The fourth-order valence-corrected chi connectivity index (χ4v) is 5.12. The summed E-state index contributed by atoms with van der Waals surface area (Å²) in [5.41, 5.74) is -2.04. The number of aliphatic carboxylic acids is 1. The summed E-state index contributed by atoms with van der Waals surface area (Å²) in [5, 5.41) is 16.8. The van der Waals surface area contributed by atoms with Crippen LogP contribution in [0.4, 0.5) is 13.2 Å². The lowest BCUT2D eigenvalue weighted by Gasteiger charge is -2.33. The number of hydrogen-bond acceptors (Lipinski definition) is 5. The number of carboxylic acid groups (broad SMARTS) is 1. The number of ketones is 1. The second-order valence-corrected chi connectivity index (χ2v) is 11.5. The zero-order valence-electron chi connectivity index (χ0n) is 21.4. The normalized spacial score (nSPS) is 19.5. The third-order valence-electron chi connectivity index (χ3n) is 6.17. The van der Waals surface area contributed by atoms with Gasteiger partial charge in [0.2, 0.25) is 5.91 Å². The number of hydrogen-bond donors (Lipinski definition) is 2. The topological polar surface area (TPSA) is 111 Å². The number of carbonyl (C=O) groups is 3. The first-order chi connectivity index (χ1) is 17.5. The second-order valence-electron chi connectivity index (χ2n) is 10.7. The summed E-state index contributed by atoms with van der Waals surface area (Å²) in [6, 6.07) is 3.66. The van der Waals surface area contributed by atoms with Crippen molar-refractivity contribution in [1.29, 1.82) is 5.41 Å². The first-order valence-corrected chi connectivity index (χ1v) is 12.9. The summed E-state index contributed by atoms with van der Waals surface area (Å²) in [7, 11) is 0. The monoisotopic (exact) mass is 577 g/mol. The van der Waals surface area contributed by atoms with Crippen LogP contribution in [0.25, 0.3) is 0 Å². The van der Waals surface area contributed by atoms with Crippen molar-refractivity contribution in [2.24, 2.45) is 22.2 Å². The molecule has 210 valence electrons. The molecule has 38 heavy (non-hydrogen) atoms. The minimum atomic E-state index is -5.00. The fraction of sp³-hybridized carbons (Fsp3) is 0.577. The summed E-state index contributed by atoms with van der Waals surface area (Å²) < 4.78 is 42.5. The molecule has 0 aromatic heterocycles. The number of alkyl halides is 3. The van der Waals surface area contributed by atoms with Gasteiger partial charge in [-0.25, -0.2) is 0 Å². The van der Waals surface area contributed by atoms with E-state index in [0.717, 1.165) is 4.90 Å². The SMILES string of the molecule is CC(C)(C)CN(CC(=O)c1c(Cl)cccc1Cl)C(=O)C(C=N)C(=NC1CCC(CC(=O)O)CC1)C(F)(F)F. The summed E-state index contributed by atoms with van der Waals surface area (Å²) >= 11 is 12.2. The van der Waals surface area contributed by atoms with E-state index in [4.69, 9.17) is 33.7 Å². The molecule has 0 aliphatic heterocycles. The number of aliphatic imine (C=N–C) groups is 1. The van der Waals surface area contributed by atoms with E-state index in [1.165, 1.54) is 18.2 Å². The summed E-state index contributed by atoms with van der Waals surface area (Å²) in [6.45, 7) is 4.61. The molecule has 1 aromatic rings. The number of amides is 1. The van der Waals surface area contributed by atoms with E-state index in [0.29, 0.717) is 19.1 Å². The molecular weight excluding hydrogens is 546 g/mol. The number of rotatable bonds is 10. The molecule has 1 fully saturated rings. The van der Waals surface area contributed by atoms with E-state index in [1.807, 2.05) is 0 Å². The van der Waals surface area contributed by atoms with E-state index >= 15 is 0 Å². The fourth-order valence-electron chi connectivity index (χ4n) is 4.52. The van der Waals surface area contributed by atoms with Crippen LogP contribution < -0.4 is 0 Å². The van der Waals surface area contributed by atoms with Gasteiger partial charge in [-0.1, -0.05) is 50.0 Å². The highest BCUT2D eigenvalue weighted by Gasteiger charge is 2.45. The molecule has 1 aromatic carbocycles. The van der Waals surface area contributed by atoms with Gasteiger partial charge < -0.3 is 15.4 Å². The average Bonchev–Trinajstić information content (AvgIpc) is 2.77. The lowest BCUT2D eigenvalue weighted by Crippen LogP contribution is -2.49. The van der Waals surface area contributed by atoms with Crippen LogP contribution in [0.15, 0.2) is 23.2 Å². The maximum Gasteiger partial charge on any atom is 0.430 e. The number of nitrogens with zero attached hydrogens (tertiary/aromatic N) is 2. The molecule has 1 amide bonds. The first-order valence-electron chi connectivity index (χ1n) is 12.2. The maximum atomic E-state index is 14.2. The lowest BCUT2D eigenvalue weighted by molar-refractivity contribution is -0.138. The Morgan fingerprint density at radius 3 is 2.13 bits per heavy atom. The molecule has 0 heterocycles. The van der Waals surface area contributed by atoms with Gasteiger partial charge in [0, 0.05) is 19.2 Å². The lowest BCUT2D eigenvalue weighted by atomic mass is 9.84. The molecule has 2 N–H and O–H groups in total. The van der Waals surface area contributed by atoms with Crippen LogP contribution in [0.5, 0.6) is 0 Å². The van der Waals surface area contributed by atoms with Crippen molar-refractivity contribution < 1.29 is 32.7 Å². The van der Waals surface area contributed by atoms with Crippen LogP contribution in [0.3, 0.4) is 0 Å². The zero-order valence-corrected chi connectivity index (χ0v) is 23.0.